The number of benzene rings is 1. The van der Waals surface area contributed by atoms with Crippen LogP contribution in [0.3, 0.4) is 0 Å². The summed E-state index contributed by atoms with van der Waals surface area (Å²) in [4.78, 5) is 21.3. The number of carbonyl (C=O) groups excluding carboxylic acids is 1. The van der Waals surface area contributed by atoms with Gasteiger partial charge in [0.15, 0.2) is 0 Å². The summed E-state index contributed by atoms with van der Waals surface area (Å²) >= 11 is 5.90. The molecule has 0 unspecified atom stereocenters. The lowest BCUT2D eigenvalue weighted by Crippen LogP contribution is -2.24. The Morgan fingerprint density at radius 2 is 2.15 bits per heavy atom. The van der Waals surface area contributed by atoms with Gasteiger partial charge in [-0.1, -0.05) is 11.6 Å². The third-order valence-electron chi connectivity index (χ3n) is 4.76. The topological polar surface area (TPSA) is 80.1 Å². The van der Waals surface area contributed by atoms with Crippen LogP contribution in [0.15, 0.2) is 28.9 Å². The monoisotopic (exact) mass is 388 g/mol. The molecule has 0 spiro atoms. The summed E-state index contributed by atoms with van der Waals surface area (Å²) in [5.41, 5.74) is 0.971. The number of rotatable bonds is 5. The van der Waals surface area contributed by atoms with Crippen LogP contribution in [0.5, 0.6) is 0 Å². The first-order valence-electron chi connectivity index (χ1n) is 8.61. The van der Waals surface area contributed by atoms with E-state index >= 15 is 0 Å². The van der Waals surface area contributed by atoms with Crippen LogP contribution in [0.1, 0.15) is 41.4 Å². The van der Waals surface area contributed by atoms with Crippen LogP contribution in [0.4, 0.5) is 10.2 Å². The van der Waals surface area contributed by atoms with Gasteiger partial charge in [-0.2, -0.15) is 0 Å². The van der Waals surface area contributed by atoms with Crippen LogP contribution in [-0.2, 0) is 6.54 Å². The molecule has 4 rings (SSSR count). The molecule has 2 aromatic heterocycles. The summed E-state index contributed by atoms with van der Waals surface area (Å²) < 4.78 is 19.5. The van der Waals surface area contributed by atoms with E-state index in [1.165, 1.54) is 24.5 Å². The smallest absolute Gasteiger partial charge is 0.255 e. The highest BCUT2D eigenvalue weighted by Crippen LogP contribution is 2.40. The van der Waals surface area contributed by atoms with Crippen molar-refractivity contribution in [2.24, 2.45) is 0 Å². The van der Waals surface area contributed by atoms with Gasteiger partial charge in [0.1, 0.15) is 23.7 Å². The first kappa shape index (κ1) is 17.7. The average Bonchev–Trinajstić information content (AvgIpc) is 3.24. The molecule has 1 aromatic carbocycles. The molecule has 1 aliphatic carbocycles. The molecule has 8 heteroatoms. The van der Waals surface area contributed by atoms with Crippen molar-refractivity contribution < 1.29 is 13.6 Å². The second-order valence-electron chi connectivity index (χ2n) is 7.04. The first-order valence-corrected chi connectivity index (χ1v) is 8.98. The first-order chi connectivity index (χ1) is 12.9. The van der Waals surface area contributed by atoms with E-state index in [0.717, 1.165) is 12.8 Å². The minimum Gasteiger partial charge on any atom is -0.442 e. The Kier molecular flexibility index (Phi) is 4.26. The summed E-state index contributed by atoms with van der Waals surface area (Å²) in [6.07, 6.45) is 3.47. The molecule has 1 fully saturated rings. The Hall–Kier alpha value is -2.67. The molecule has 0 bridgehead atoms. The molecule has 6 nitrogen and oxygen atoms in total. The maximum atomic E-state index is 13.9. The minimum absolute atomic E-state index is 0.00546. The molecule has 2 N–H and O–H groups in total. The lowest BCUT2D eigenvalue weighted by atomic mass is 10.1. The van der Waals surface area contributed by atoms with E-state index in [1.807, 2.05) is 0 Å². The fourth-order valence-corrected chi connectivity index (χ4v) is 3.15. The number of nitrogens with zero attached hydrogens (tertiary/aromatic N) is 2. The standard InChI is InChI=1S/C19H18ClFN4O2/c1-10-14(17(26)22-8-11-7-12(20)3-4-13(11)21)15-16(25-19(2)5-6-19)23-9-24-18(15)27-10/h3-4,7,9H,5-6,8H2,1-2H3,(H,22,26)(H,23,24,25). The highest BCUT2D eigenvalue weighted by molar-refractivity contribution is 6.30. The molecule has 0 radical (unpaired) electrons. The highest BCUT2D eigenvalue weighted by Gasteiger charge is 2.38. The Labute approximate surface area is 160 Å². The molecular formula is C19H18ClFN4O2. The van der Waals surface area contributed by atoms with Crippen molar-refractivity contribution in [1.29, 1.82) is 0 Å². The number of anilines is 1. The Morgan fingerprint density at radius 3 is 2.89 bits per heavy atom. The second-order valence-corrected chi connectivity index (χ2v) is 7.48. The number of amides is 1. The number of halogens is 2. The average molecular weight is 389 g/mol. The van der Waals surface area contributed by atoms with Crippen LogP contribution in [0.2, 0.25) is 5.02 Å². The fraction of sp³-hybridized carbons (Fsp3) is 0.316. The third-order valence-corrected chi connectivity index (χ3v) is 4.99. The van der Waals surface area contributed by atoms with E-state index in [4.69, 9.17) is 16.0 Å². The molecule has 140 valence electrons. The van der Waals surface area contributed by atoms with Gasteiger partial charge >= 0.3 is 0 Å². The van der Waals surface area contributed by atoms with E-state index in [-0.39, 0.29) is 18.0 Å². The lowest BCUT2D eigenvalue weighted by molar-refractivity contribution is 0.0950. The summed E-state index contributed by atoms with van der Waals surface area (Å²) in [7, 11) is 0. The maximum absolute atomic E-state index is 13.9. The third kappa shape index (κ3) is 3.47. The zero-order valence-corrected chi connectivity index (χ0v) is 15.7. The zero-order chi connectivity index (χ0) is 19.2. The zero-order valence-electron chi connectivity index (χ0n) is 14.9. The molecule has 1 saturated carbocycles. The normalized spacial score (nSPS) is 15.0. The summed E-state index contributed by atoms with van der Waals surface area (Å²) in [5.74, 6) is 0.180. The SMILES string of the molecule is Cc1oc2ncnc(NC3(C)CC3)c2c1C(=O)NCc1cc(Cl)ccc1F. The molecule has 3 aromatic rings. The Morgan fingerprint density at radius 1 is 1.37 bits per heavy atom. The van der Waals surface area contributed by atoms with Gasteiger partial charge in [-0.25, -0.2) is 14.4 Å². The van der Waals surface area contributed by atoms with Crippen molar-refractivity contribution in [3.05, 3.63) is 52.3 Å². The Bertz CT molecular complexity index is 1050. The number of furan rings is 1. The van der Waals surface area contributed by atoms with Crippen molar-refractivity contribution in [3.63, 3.8) is 0 Å². The van der Waals surface area contributed by atoms with E-state index in [0.29, 0.717) is 38.8 Å². The predicted molar refractivity (Wildman–Crippen MR) is 100 cm³/mol. The molecule has 1 amide bonds. The summed E-state index contributed by atoms with van der Waals surface area (Å²) in [6.45, 7) is 3.79. The number of nitrogens with one attached hydrogen (secondary N) is 2. The van der Waals surface area contributed by atoms with E-state index in [1.54, 1.807) is 6.92 Å². The van der Waals surface area contributed by atoms with E-state index < -0.39 is 5.82 Å². The fourth-order valence-electron chi connectivity index (χ4n) is 2.95. The number of carbonyl (C=O) groups is 1. The summed E-state index contributed by atoms with van der Waals surface area (Å²) in [5, 5.41) is 7.03. The molecule has 0 aliphatic heterocycles. The van der Waals surface area contributed by atoms with Gasteiger partial charge in [0, 0.05) is 22.7 Å². The van der Waals surface area contributed by atoms with Crippen LogP contribution in [0, 0.1) is 12.7 Å². The Balaban J connectivity index is 1.65. The van der Waals surface area contributed by atoms with Gasteiger partial charge in [-0.15, -0.1) is 0 Å². The number of hydrogen-bond donors (Lipinski definition) is 2. The number of aryl methyl sites for hydroxylation is 1. The van der Waals surface area contributed by atoms with Crippen LogP contribution < -0.4 is 10.6 Å². The molecule has 1 aliphatic rings. The van der Waals surface area contributed by atoms with Crippen LogP contribution in [-0.4, -0.2) is 21.4 Å². The van der Waals surface area contributed by atoms with Gasteiger partial charge in [-0.05, 0) is 44.9 Å². The molecular weight excluding hydrogens is 371 g/mol. The van der Waals surface area contributed by atoms with Crippen molar-refractivity contribution in [3.8, 4) is 0 Å². The second kappa shape index (κ2) is 6.49. The molecule has 2 heterocycles. The highest BCUT2D eigenvalue weighted by atomic mass is 35.5. The number of hydrogen-bond acceptors (Lipinski definition) is 5. The van der Waals surface area contributed by atoms with E-state index in [2.05, 4.69) is 27.5 Å². The molecule has 27 heavy (non-hydrogen) atoms. The largest absolute Gasteiger partial charge is 0.442 e. The van der Waals surface area contributed by atoms with Crippen LogP contribution >= 0.6 is 11.6 Å². The van der Waals surface area contributed by atoms with E-state index in [9.17, 15) is 9.18 Å². The maximum Gasteiger partial charge on any atom is 0.255 e. The van der Waals surface area contributed by atoms with Gasteiger partial charge < -0.3 is 15.1 Å². The number of fused-ring (bicyclic) bond motifs is 1. The van der Waals surface area contributed by atoms with Gasteiger partial charge in [0.05, 0.1) is 10.9 Å². The predicted octanol–water partition coefficient (Wildman–Crippen LogP) is 4.22. The van der Waals surface area contributed by atoms with Gasteiger partial charge in [0.2, 0.25) is 5.71 Å². The molecule has 0 saturated heterocycles. The van der Waals surface area contributed by atoms with Crippen molar-refractivity contribution in [2.45, 2.75) is 38.8 Å². The summed E-state index contributed by atoms with van der Waals surface area (Å²) in [6, 6.07) is 4.22. The van der Waals surface area contributed by atoms with Crippen molar-refractivity contribution >= 4 is 34.4 Å². The minimum atomic E-state index is -0.430. The lowest BCUT2D eigenvalue weighted by Gasteiger charge is -2.13. The van der Waals surface area contributed by atoms with Crippen LogP contribution in [0.25, 0.3) is 11.1 Å². The van der Waals surface area contributed by atoms with Crippen molar-refractivity contribution in [2.75, 3.05) is 5.32 Å². The van der Waals surface area contributed by atoms with Crippen molar-refractivity contribution in [1.82, 2.24) is 15.3 Å². The quantitative estimate of drug-likeness (QED) is 0.684. The molecule has 0 atom stereocenters. The van der Waals surface area contributed by atoms with Gasteiger partial charge in [0.25, 0.3) is 5.91 Å². The number of aromatic nitrogens is 2. The van der Waals surface area contributed by atoms with Gasteiger partial charge in [-0.3, -0.25) is 4.79 Å².